The van der Waals surface area contributed by atoms with E-state index in [1.54, 1.807) is 0 Å². The highest BCUT2D eigenvalue weighted by Crippen LogP contribution is 2.48. The molecule has 1 aromatic carbocycles. The van der Waals surface area contributed by atoms with E-state index in [-0.39, 0.29) is 23.3 Å². The zero-order valence-electron chi connectivity index (χ0n) is 15.4. The van der Waals surface area contributed by atoms with E-state index in [9.17, 15) is 4.79 Å². The van der Waals surface area contributed by atoms with Gasteiger partial charge in [-0.1, -0.05) is 37.2 Å². The van der Waals surface area contributed by atoms with Crippen molar-refractivity contribution < 1.29 is 14.1 Å². The molecule has 0 bridgehead atoms. The number of nitrogens with zero attached hydrogens (tertiary/aromatic N) is 1. The number of hydrogen-bond acceptors (Lipinski definition) is 4. The number of carbonyl (C=O) groups is 1. The second kappa shape index (κ2) is 6.78. The Labute approximate surface area is 154 Å². The lowest BCUT2D eigenvalue weighted by atomic mass is 9.57. The van der Waals surface area contributed by atoms with E-state index in [1.807, 2.05) is 36.4 Å². The summed E-state index contributed by atoms with van der Waals surface area (Å²) in [6.45, 7) is 4.85. The van der Waals surface area contributed by atoms with Crippen molar-refractivity contribution in [2.24, 2.45) is 17.3 Å². The van der Waals surface area contributed by atoms with E-state index in [2.05, 4.69) is 24.3 Å². The van der Waals surface area contributed by atoms with Crippen LogP contribution in [-0.4, -0.2) is 17.1 Å². The molecule has 2 unspecified atom stereocenters. The van der Waals surface area contributed by atoms with Gasteiger partial charge in [0.05, 0.1) is 5.69 Å². The van der Waals surface area contributed by atoms with Crippen molar-refractivity contribution in [3.8, 4) is 5.75 Å². The van der Waals surface area contributed by atoms with Gasteiger partial charge in [0.2, 0.25) is 5.91 Å². The maximum atomic E-state index is 12.0. The third-order valence-corrected chi connectivity index (χ3v) is 5.92. The summed E-state index contributed by atoms with van der Waals surface area (Å²) in [5.74, 6) is 2.57. The molecule has 0 spiro atoms. The summed E-state index contributed by atoms with van der Waals surface area (Å²) >= 11 is 0. The van der Waals surface area contributed by atoms with Crippen LogP contribution in [0.4, 0.5) is 0 Å². The average molecular weight is 354 g/mol. The highest BCUT2D eigenvalue weighted by molar-refractivity contribution is 5.81. The Bertz CT molecular complexity index is 765. The van der Waals surface area contributed by atoms with Crippen molar-refractivity contribution in [2.45, 2.75) is 52.2 Å². The molecule has 2 saturated carbocycles. The Hall–Kier alpha value is -2.30. The van der Waals surface area contributed by atoms with Gasteiger partial charge in [0, 0.05) is 18.0 Å². The number of ether oxygens (including phenoxy) is 1. The molecule has 1 N–H and O–H groups in total. The monoisotopic (exact) mass is 354 g/mol. The zero-order valence-corrected chi connectivity index (χ0v) is 15.4. The van der Waals surface area contributed by atoms with Gasteiger partial charge in [-0.3, -0.25) is 4.79 Å². The van der Waals surface area contributed by atoms with Crippen LogP contribution in [0.2, 0.25) is 0 Å². The highest BCUT2D eigenvalue weighted by Gasteiger charge is 2.49. The number of carbonyl (C=O) groups excluding carboxylic acids is 1. The average Bonchev–Trinajstić information content (AvgIpc) is 3.40. The van der Waals surface area contributed by atoms with Gasteiger partial charge in [0.1, 0.15) is 12.4 Å². The minimum absolute atomic E-state index is 0.0875. The van der Waals surface area contributed by atoms with Gasteiger partial charge in [-0.2, -0.15) is 0 Å². The fraction of sp³-hybridized carbons (Fsp3) is 0.524. The van der Waals surface area contributed by atoms with E-state index in [0.29, 0.717) is 12.5 Å². The molecule has 138 valence electrons. The lowest BCUT2D eigenvalue weighted by molar-refractivity contribution is -0.126. The number of benzene rings is 1. The summed E-state index contributed by atoms with van der Waals surface area (Å²) in [5, 5.41) is 7.42. The number of hydrogen-bond donors (Lipinski definition) is 1. The summed E-state index contributed by atoms with van der Waals surface area (Å²) in [6, 6.07) is 11.9. The second-order valence-corrected chi connectivity index (χ2v) is 8.18. The second-order valence-electron chi connectivity index (χ2n) is 8.18. The number of rotatable bonds is 7. The lowest BCUT2D eigenvalue weighted by Crippen LogP contribution is -2.59. The first-order valence-electron chi connectivity index (χ1n) is 9.45. The van der Waals surface area contributed by atoms with Crippen LogP contribution in [0.15, 0.2) is 40.9 Å². The van der Waals surface area contributed by atoms with Crippen molar-refractivity contribution >= 4 is 5.91 Å². The van der Waals surface area contributed by atoms with Crippen LogP contribution in [0.25, 0.3) is 0 Å². The molecular weight excluding hydrogens is 328 g/mol. The Kier molecular flexibility index (Phi) is 4.47. The largest absolute Gasteiger partial charge is 0.486 e. The van der Waals surface area contributed by atoms with Crippen LogP contribution < -0.4 is 10.1 Å². The predicted molar refractivity (Wildman–Crippen MR) is 97.5 cm³/mol. The first kappa shape index (κ1) is 17.1. The van der Waals surface area contributed by atoms with Crippen LogP contribution in [-0.2, 0) is 17.8 Å². The first-order valence-corrected chi connectivity index (χ1v) is 9.45. The molecule has 4 rings (SSSR count). The van der Waals surface area contributed by atoms with Crippen molar-refractivity contribution in [3.05, 3.63) is 47.9 Å². The van der Waals surface area contributed by atoms with Gasteiger partial charge in [0.25, 0.3) is 0 Å². The highest BCUT2D eigenvalue weighted by atomic mass is 16.5. The maximum absolute atomic E-state index is 12.0. The van der Waals surface area contributed by atoms with Crippen molar-refractivity contribution in [1.82, 2.24) is 10.5 Å². The van der Waals surface area contributed by atoms with E-state index in [1.165, 1.54) is 0 Å². The number of amides is 1. The van der Waals surface area contributed by atoms with Crippen LogP contribution in [0.3, 0.4) is 0 Å². The number of aromatic nitrogens is 1. The summed E-state index contributed by atoms with van der Waals surface area (Å²) in [6.07, 6.45) is 3.98. The van der Waals surface area contributed by atoms with Gasteiger partial charge in [0.15, 0.2) is 5.76 Å². The molecule has 1 aromatic heterocycles. The lowest BCUT2D eigenvalue weighted by Gasteiger charge is -2.52. The van der Waals surface area contributed by atoms with Crippen LogP contribution in [0.1, 0.15) is 44.6 Å². The van der Waals surface area contributed by atoms with Crippen LogP contribution >= 0.6 is 0 Å². The van der Waals surface area contributed by atoms with Gasteiger partial charge >= 0.3 is 0 Å². The van der Waals surface area contributed by atoms with Crippen molar-refractivity contribution in [1.29, 1.82) is 0 Å². The smallest absolute Gasteiger partial charge is 0.223 e. The minimum Gasteiger partial charge on any atom is -0.486 e. The van der Waals surface area contributed by atoms with Gasteiger partial charge in [-0.15, -0.1) is 0 Å². The Morgan fingerprint density at radius 2 is 2.08 bits per heavy atom. The molecule has 2 aliphatic carbocycles. The van der Waals surface area contributed by atoms with E-state index in [0.717, 1.165) is 42.9 Å². The quantitative estimate of drug-likeness (QED) is 0.823. The Balaban J connectivity index is 1.28. The summed E-state index contributed by atoms with van der Waals surface area (Å²) in [7, 11) is 0. The number of para-hydroxylation sites is 1. The summed E-state index contributed by atoms with van der Waals surface area (Å²) in [5.41, 5.74) is 1.05. The summed E-state index contributed by atoms with van der Waals surface area (Å²) < 4.78 is 11.1. The number of nitrogens with one attached hydrogen (secondary N) is 1. The Morgan fingerprint density at radius 3 is 2.77 bits per heavy atom. The molecule has 1 amide bonds. The molecule has 0 saturated heterocycles. The fourth-order valence-corrected chi connectivity index (χ4v) is 3.69. The predicted octanol–water partition coefficient (Wildman–Crippen LogP) is 3.74. The third kappa shape index (κ3) is 3.62. The third-order valence-electron chi connectivity index (χ3n) is 5.92. The zero-order chi connectivity index (χ0) is 18.1. The SMILES string of the molecule is CC1(C)C(Cc2cc(COc3ccccc3)on2)CC1NC(=O)C1CC1. The van der Waals surface area contributed by atoms with Crippen molar-refractivity contribution in [3.63, 3.8) is 0 Å². The molecule has 26 heavy (non-hydrogen) atoms. The Morgan fingerprint density at radius 1 is 1.31 bits per heavy atom. The topological polar surface area (TPSA) is 64.4 Å². The fourth-order valence-electron chi connectivity index (χ4n) is 3.69. The summed E-state index contributed by atoms with van der Waals surface area (Å²) in [4.78, 5) is 12.0. The minimum atomic E-state index is 0.0875. The van der Waals surface area contributed by atoms with Gasteiger partial charge < -0.3 is 14.6 Å². The normalized spacial score (nSPS) is 23.9. The maximum Gasteiger partial charge on any atom is 0.223 e. The molecule has 1 heterocycles. The standard InChI is InChI=1S/C21H26N2O3/c1-21(2)15(11-19(21)22-20(24)14-8-9-14)10-16-12-18(26-23-16)13-25-17-6-4-3-5-7-17/h3-7,12,14-15,19H,8-11,13H2,1-2H3,(H,22,24). The van der Waals surface area contributed by atoms with Crippen molar-refractivity contribution in [2.75, 3.05) is 0 Å². The molecule has 0 radical (unpaired) electrons. The molecule has 2 aromatic rings. The molecule has 2 atom stereocenters. The van der Waals surface area contributed by atoms with Crippen LogP contribution in [0.5, 0.6) is 5.75 Å². The molecule has 2 fully saturated rings. The molecule has 2 aliphatic rings. The van der Waals surface area contributed by atoms with Gasteiger partial charge in [-0.05, 0) is 49.1 Å². The van der Waals surface area contributed by atoms with E-state index >= 15 is 0 Å². The van der Waals surface area contributed by atoms with E-state index < -0.39 is 0 Å². The molecule has 0 aliphatic heterocycles. The van der Waals surface area contributed by atoms with Gasteiger partial charge in [-0.25, -0.2) is 0 Å². The first-order chi connectivity index (χ1) is 12.5. The molecular formula is C21H26N2O3. The molecule has 5 heteroatoms. The van der Waals surface area contributed by atoms with E-state index in [4.69, 9.17) is 9.26 Å². The molecule has 5 nitrogen and oxygen atoms in total. The van der Waals surface area contributed by atoms with Crippen LogP contribution in [0, 0.1) is 17.3 Å².